The summed E-state index contributed by atoms with van der Waals surface area (Å²) in [7, 11) is 0. The molecule has 332 valence electrons. The third-order valence-corrected chi connectivity index (χ3v) is 9.81. The number of aliphatic imine (C=N–C) groups is 1. The van der Waals surface area contributed by atoms with E-state index in [1.165, 1.54) is 29.1 Å². The molecular formula is C45H55N5O11S. The second-order valence-electron chi connectivity index (χ2n) is 17.9. The third-order valence-electron chi connectivity index (χ3n) is 8.40. The average molecular weight is 874 g/mol. The number of fused-ring (bicyclic) bond motifs is 1. The SMILES string of the molecule is C[C@@H](N(Cc1csc(C(C)(C)C)c1)C(=O)c1ccc2cc(OC(=O)c3ccc(N=C(NC(=O)OC(C)(C)C)NC(=O)OC(C)(C)C)cc3)ccc2n1)C(C)(C)C.O=C=O.O=C=O. The van der Waals surface area contributed by atoms with Gasteiger partial charge in [0.1, 0.15) is 22.6 Å². The van der Waals surface area contributed by atoms with E-state index in [4.69, 9.17) is 38.4 Å². The molecule has 0 saturated carbocycles. The summed E-state index contributed by atoms with van der Waals surface area (Å²) in [5.41, 5.74) is 0.834. The highest BCUT2D eigenvalue weighted by Crippen LogP contribution is 2.32. The number of thiophene rings is 1. The summed E-state index contributed by atoms with van der Waals surface area (Å²) < 4.78 is 16.3. The molecule has 16 nitrogen and oxygen atoms in total. The van der Waals surface area contributed by atoms with Crippen LogP contribution in [0.3, 0.4) is 0 Å². The standard InChI is InChI=1S/C43H55N5O7S.2CO2/c1-26(40(2,3)4)48(24-27-22-34(56-25-27)41(5,6)7)35(49)33-20-16-29-23-31(19-21-32(29)45-33)53-36(50)28-14-17-30(18-15-28)44-37(46-38(51)54-42(8,9)10)47-39(52)55-43(11,12)13;2*2-1-3/h14-23,25-26H,24H2,1-13H3,(H2,44,46,47,51,52);;/t26-;;/m1../s1. The van der Waals surface area contributed by atoms with Gasteiger partial charge in [-0.1, -0.05) is 47.6 Å². The maximum Gasteiger partial charge on any atom is 0.414 e. The number of alkyl carbamates (subject to hydrolysis) is 2. The fourth-order valence-electron chi connectivity index (χ4n) is 5.19. The van der Waals surface area contributed by atoms with Gasteiger partial charge in [0.2, 0.25) is 5.96 Å². The van der Waals surface area contributed by atoms with Gasteiger partial charge in [0.15, 0.2) is 0 Å². The molecule has 0 aliphatic heterocycles. The molecule has 0 bridgehead atoms. The first-order valence-corrected chi connectivity index (χ1v) is 20.2. The van der Waals surface area contributed by atoms with Gasteiger partial charge in [-0.2, -0.15) is 19.2 Å². The van der Waals surface area contributed by atoms with Crippen molar-refractivity contribution in [3.63, 3.8) is 0 Å². The van der Waals surface area contributed by atoms with Gasteiger partial charge in [-0.15, -0.1) is 11.3 Å². The molecule has 0 spiro atoms. The first kappa shape index (κ1) is 51.6. The first-order valence-electron chi connectivity index (χ1n) is 19.3. The quantitative estimate of drug-likeness (QED) is 0.0771. The largest absolute Gasteiger partial charge is 0.444 e. The molecule has 4 aromatic rings. The van der Waals surface area contributed by atoms with Crippen LogP contribution in [-0.4, -0.2) is 69.5 Å². The van der Waals surface area contributed by atoms with Gasteiger partial charge in [0.25, 0.3) is 5.91 Å². The summed E-state index contributed by atoms with van der Waals surface area (Å²) in [6.07, 6.45) is -1.16. The normalized spacial score (nSPS) is 11.7. The van der Waals surface area contributed by atoms with Crippen molar-refractivity contribution in [2.24, 2.45) is 10.4 Å². The van der Waals surface area contributed by atoms with Crippen molar-refractivity contribution in [3.05, 3.63) is 87.7 Å². The topological polar surface area (TPSA) is 217 Å². The maximum atomic E-state index is 14.1. The summed E-state index contributed by atoms with van der Waals surface area (Å²) in [6.45, 7) is 25.7. The Bertz CT molecular complexity index is 2250. The number of rotatable bonds is 7. The van der Waals surface area contributed by atoms with Crippen LogP contribution in [0.15, 0.2) is 71.0 Å². The van der Waals surface area contributed by atoms with Crippen LogP contribution in [-0.2, 0) is 40.6 Å². The van der Waals surface area contributed by atoms with Gasteiger partial charge < -0.3 is 19.1 Å². The summed E-state index contributed by atoms with van der Waals surface area (Å²) in [4.78, 5) is 96.8. The number of esters is 1. The number of nitrogens with zero attached hydrogens (tertiary/aromatic N) is 3. The predicted molar refractivity (Wildman–Crippen MR) is 231 cm³/mol. The van der Waals surface area contributed by atoms with Crippen LogP contribution in [0.1, 0.15) is 121 Å². The number of hydrogen-bond donors (Lipinski definition) is 2. The van der Waals surface area contributed by atoms with Crippen molar-refractivity contribution in [1.82, 2.24) is 20.5 Å². The molecule has 0 radical (unpaired) electrons. The number of pyridine rings is 1. The Kier molecular flexibility index (Phi) is 18.2. The van der Waals surface area contributed by atoms with Crippen LogP contribution in [0.2, 0.25) is 0 Å². The third kappa shape index (κ3) is 17.2. The predicted octanol–water partition coefficient (Wildman–Crippen LogP) is 8.76. The van der Waals surface area contributed by atoms with Gasteiger partial charge in [-0.3, -0.25) is 15.4 Å². The molecule has 2 N–H and O–H groups in total. The van der Waals surface area contributed by atoms with E-state index in [1.807, 2.05) is 4.90 Å². The molecule has 0 aliphatic carbocycles. The van der Waals surface area contributed by atoms with Crippen LogP contribution in [0.25, 0.3) is 10.9 Å². The summed E-state index contributed by atoms with van der Waals surface area (Å²) >= 11 is 1.71. The Balaban J connectivity index is 0.00000208. The Morgan fingerprint density at radius 2 is 1.29 bits per heavy atom. The van der Waals surface area contributed by atoms with Gasteiger partial charge in [-0.25, -0.2) is 24.4 Å². The van der Waals surface area contributed by atoms with Crippen molar-refractivity contribution in [3.8, 4) is 5.75 Å². The Labute approximate surface area is 365 Å². The fraction of sp³-hybridized carbons (Fsp3) is 0.422. The molecule has 2 aromatic heterocycles. The smallest absolute Gasteiger partial charge is 0.414 e. The molecule has 0 fully saturated rings. The van der Waals surface area contributed by atoms with Crippen LogP contribution in [0.5, 0.6) is 5.75 Å². The van der Waals surface area contributed by atoms with E-state index < -0.39 is 29.4 Å². The van der Waals surface area contributed by atoms with E-state index >= 15 is 0 Å². The minimum Gasteiger partial charge on any atom is -0.444 e. The fourth-order valence-corrected chi connectivity index (χ4v) is 6.18. The second kappa shape index (κ2) is 21.8. The van der Waals surface area contributed by atoms with Crippen LogP contribution >= 0.6 is 11.3 Å². The van der Waals surface area contributed by atoms with E-state index in [0.29, 0.717) is 34.6 Å². The number of amides is 3. The molecular weight excluding hydrogens is 819 g/mol. The molecule has 3 amide bonds. The van der Waals surface area contributed by atoms with E-state index in [2.05, 4.69) is 75.5 Å². The van der Waals surface area contributed by atoms with Gasteiger partial charge in [0.05, 0.1) is 16.8 Å². The lowest BCUT2D eigenvalue weighted by molar-refractivity contribution is -0.193. The Hall–Kier alpha value is -6.54. The number of nitrogens with one attached hydrogen (secondary N) is 2. The van der Waals surface area contributed by atoms with Crippen molar-refractivity contribution in [1.29, 1.82) is 0 Å². The zero-order valence-corrected chi connectivity index (χ0v) is 38.2. The summed E-state index contributed by atoms with van der Waals surface area (Å²) in [6, 6.07) is 16.7. The summed E-state index contributed by atoms with van der Waals surface area (Å²) in [5, 5.41) is 7.67. The molecule has 62 heavy (non-hydrogen) atoms. The molecule has 2 aromatic carbocycles. The highest BCUT2D eigenvalue weighted by molar-refractivity contribution is 7.10. The number of guanidine groups is 1. The lowest BCUT2D eigenvalue weighted by Gasteiger charge is -2.37. The van der Waals surface area contributed by atoms with Gasteiger partial charge in [-0.05, 0) is 125 Å². The molecule has 0 saturated heterocycles. The molecule has 0 aliphatic rings. The van der Waals surface area contributed by atoms with Gasteiger partial charge >= 0.3 is 30.5 Å². The monoisotopic (exact) mass is 873 g/mol. The highest BCUT2D eigenvalue weighted by Gasteiger charge is 2.32. The zero-order valence-electron chi connectivity index (χ0n) is 37.4. The van der Waals surface area contributed by atoms with E-state index in [9.17, 15) is 19.2 Å². The number of carbonyl (C=O) groups excluding carboxylic acids is 8. The van der Waals surface area contributed by atoms with E-state index in [-0.39, 0.29) is 46.6 Å². The number of aromatic nitrogens is 1. The molecule has 2 heterocycles. The molecule has 1 atom stereocenters. The minimum absolute atomic E-state index is 0.0254. The lowest BCUT2D eigenvalue weighted by atomic mass is 9.86. The van der Waals surface area contributed by atoms with Crippen LogP contribution in [0, 0.1) is 5.41 Å². The van der Waals surface area contributed by atoms with Crippen molar-refractivity contribution in [2.45, 2.75) is 119 Å². The lowest BCUT2D eigenvalue weighted by Crippen LogP contribution is -2.47. The zero-order chi connectivity index (χ0) is 47.2. The van der Waals surface area contributed by atoms with Crippen molar-refractivity contribution >= 4 is 70.3 Å². The number of carbonyl (C=O) groups is 4. The average Bonchev–Trinajstić information content (AvgIpc) is 3.62. The Morgan fingerprint density at radius 1 is 0.758 bits per heavy atom. The van der Waals surface area contributed by atoms with E-state index in [1.54, 1.807) is 83.2 Å². The maximum absolute atomic E-state index is 14.1. The minimum atomic E-state index is -0.832. The van der Waals surface area contributed by atoms with Crippen molar-refractivity contribution < 1.29 is 52.6 Å². The number of ether oxygens (including phenoxy) is 3. The second-order valence-corrected chi connectivity index (χ2v) is 18.8. The van der Waals surface area contributed by atoms with Gasteiger partial charge in [0, 0.05) is 22.8 Å². The first-order chi connectivity index (χ1) is 28.6. The number of hydrogen-bond acceptors (Lipinski definition) is 14. The molecule has 17 heteroatoms. The molecule has 0 unspecified atom stereocenters. The Morgan fingerprint density at radius 3 is 1.76 bits per heavy atom. The molecule has 4 rings (SSSR count). The van der Waals surface area contributed by atoms with E-state index in [0.717, 1.165) is 5.56 Å². The van der Waals surface area contributed by atoms with Crippen LogP contribution < -0.4 is 15.4 Å². The highest BCUT2D eigenvalue weighted by atomic mass is 32.1. The van der Waals surface area contributed by atoms with Crippen LogP contribution in [0.4, 0.5) is 15.3 Å². The number of benzene rings is 2. The van der Waals surface area contributed by atoms with Crippen molar-refractivity contribution in [2.75, 3.05) is 0 Å². The summed E-state index contributed by atoms with van der Waals surface area (Å²) in [5.74, 6) is -0.707.